The number of carbonyl (C=O) groups is 2. The third-order valence-electron chi connectivity index (χ3n) is 5.90. The number of aryl methyl sites for hydroxylation is 1. The van der Waals surface area contributed by atoms with Crippen molar-refractivity contribution in [2.45, 2.75) is 51.0 Å². The zero-order valence-electron chi connectivity index (χ0n) is 18.2. The molecule has 1 fully saturated rings. The number of nitrogens with zero attached hydrogens (tertiary/aromatic N) is 5. The maximum Gasteiger partial charge on any atom is 0.377 e. The molecule has 0 unspecified atom stereocenters. The summed E-state index contributed by atoms with van der Waals surface area (Å²) in [5, 5.41) is 16.0. The Morgan fingerprint density at radius 1 is 1.00 bits per heavy atom. The fourth-order valence-electron chi connectivity index (χ4n) is 4.19. The number of hydrogen-bond donors (Lipinski definition) is 1. The van der Waals surface area contributed by atoms with Crippen molar-refractivity contribution < 1.29 is 23.5 Å². The SMILES string of the molecule is O=C(O)CCc1ccc(N(C(=O)n2nnn(-c3c(F)cccc3F)c2=O)C2CCCCC2)cc1. The Kier molecular flexibility index (Phi) is 6.80. The normalized spacial score (nSPS) is 14.2. The van der Waals surface area contributed by atoms with E-state index in [1.165, 1.54) is 4.90 Å². The van der Waals surface area contributed by atoms with E-state index in [2.05, 4.69) is 10.4 Å². The van der Waals surface area contributed by atoms with E-state index in [-0.39, 0.29) is 12.5 Å². The third kappa shape index (κ3) is 4.73. The average Bonchev–Trinajstić information content (AvgIpc) is 3.20. The number of para-hydroxylation sites is 1. The number of rotatable bonds is 6. The Morgan fingerprint density at radius 2 is 1.65 bits per heavy atom. The molecule has 11 heteroatoms. The molecule has 0 spiro atoms. The van der Waals surface area contributed by atoms with E-state index in [9.17, 15) is 23.2 Å². The monoisotopic (exact) mass is 471 g/mol. The van der Waals surface area contributed by atoms with E-state index < -0.39 is 35.0 Å². The minimum absolute atomic E-state index is 0.0181. The Balaban J connectivity index is 1.69. The zero-order valence-corrected chi connectivity index (χ0v) is 18.2. The lowest BCUT2D eigenvalue weighted by Gasteiger charge is -2.33. The number of aromatic nitrogens is 4. The highest BCUT2D eigenvalue weighted by molar-refractivity contribution is 5.93. The van der Waals surface area contributed by atoms with E-state index in [1.54, 1.807) is 24.3 Å². The predicted molar refractivity (Wildman–Crippen MR) is 118 cm³/mol. The molecule has 178 valence electrons. The molecule has 4 rings (SSSR count). The molecule has 0 bridgehead atoms. The summed E-state index contributed by atoms with van der Waals surface area (Å²) in [6.07, 6.45) is 4.62. The minimum atomic E-state index is -1.09. The number of carboxylic acid groups (broad SMARTS) is 1. The lowest BCUT2D eigenvalue weighted by molar-refractivity contribution is -0.136. The van der Waals surface area contributed by atoms with Crippen LogP contribution in [0.3, 0.4) is 0 Å². The molecule has 0 saturated heterocycles. The van der Waals surface area contributed by atoms with Crippen LogP contribution in [0, 0.1) is 11.6 Å². The predicted octanol–water partition coefficient (Wildman–Crippen LogP) is 3.53. The highest BCUT2D eigenvalue weighted by Gasteiger charge is 2.31. The summed E-state index contributed by atoms with van der Waals surface area (Å²) in [5.41, 5.74) is -0.499. The second-order valence-corrected chi connectivity index (χ2v) is 8.16. The summed E-state index contributed by atoms with van der Waals surface area (Å²) in [4.78, 5) is 38.7. The van der Waals surface area contributed by atoms with Gasteiger partial charge in [0.05, 0.1) is 0 Å². The van der Waals surface area contributed by atoms with Gasteiger partial charge in [0.15, 0.2) is 11.6 Å². The van der Waals surface area contributed by atoms with Crippen LogP contribution in [0.2, 0.25) is 0 Å². The van der Waals surface area contributed by atoms with Gasteiger partial charge in [-0.25, -0.2) is 18.4 Å². The van der Waals surface area contributed by atoms with Crippen LogP contribution in [0.5, 0.6) is 0 Å². The van der Waals surface area contributed by atoms with Gasteiger partial charge in [-0.3, -0.25) is 9.69 Å². The lowest BCUT2D eigenvalue weighted by Crippen LogP contribution is -2.47. The number of tetrazole rings is 1. The molecule has 1 aliphatic carbocycles. The molecule has 0 radical (unpaired) electrons. The molecule has 1 amide bonds. The van der Waals surface area contributed by atoms with Crippen molar-refractivity contribution >= 4 is 17.7 Å². The maximum atomic E-state index is 14.2. The summed E-state index contributed by atoms with van der Waals surface area (Å²) in [5.74, 6) is -2.93. The number of amides is 1. The van der Waals surface area contributed by atoms with Crippen LogP contribution < -0.4 is 10.6 Å². The highest BCUT2D eigenvalue weighted by atomic mass is 19.1. The fraction of sp³-hybridized carbons (Fsp3) is 0.348. The topological polar surface area (TPSA) is 110 Å². The van der Waals surface area contributed by atoms with Gasteiger partial charge in [0.2, 0.25) is 0 Å². The molecule has 0 atom stereocenters. The highest BCUT2D eigenvalue weighted by Crippen LogP contribution is 2.28. The van der Waals surface area contributed by atoms with Gasteiger partial charge in [-0.1, -0.05) is 37.5 Å². The summed E-state index contributed by atoms with van der Waals surface area (Å²) in [6.45, 7) is 0. The van der Waals surface area contributed by atoms with Gasteiger partial charge in [-0.05, 0) is 59.5 Å². The fourth-order valence-corrected chi connectivity index (χ4v) is 4.19. The first-order valence-corrected chi connectivity index (χ1v) is 11.0. The Morgan fingerprint density at radius 3 is 2.26 bits per heavy atom. The summed E-state index contributed by atoms with van der Waals surface area (Å²) < 4.78 is 29.3. The molecule has 1 N–H and O–H groups in total. The number of hydrogen-bond acceptors (Lipinski definition) is 5. The van der Waals surface area contributed by atoms with Crippen LogP contribution in [0.15, 0.2) is 47.3 Å². The quantitative estimate of drug-likeness (QED) is 0.551. The molecule has 34 heavy (non-hydrogen) atoms. The van der Waals surface area contributed by atoms with E-state index in [0.29, 0.717) is 21.5 Å². The van der Waals surface area contributed by atoms with Crippen LogP contribution in [-0.4, -0.2) is 42.9 Å². The number of benzene rings is 2. The van der Waals surface area contributed by atoms with Crippen molar-refractivity contribution in [2.75, 3.05) is 4.90 Å². The van der Waals surface area contributed by atoms with E-state index in [1.807, 2.05) is 0 Å². The van der Waals surface area contributed by atoms with Crippen LogP contribution in [0.25, 0.3) is 5.69 Å². The van der Waals surface area contributed by atoms with Crippen LogP contribution >= 0.6 is 0 Å². The van der Waals surface area contributed by atoms with Crippen LogP contribution in [0.4, 0.5) is 19.3 Å². The molecule has 9 nitrogen and oxygen atoms in total. The molecule has 1 aromatic heterocycles. The molecule has 1 saturated carbocycles. The molecule has 1 aliphatic rings. The number of aliphatic carboxylic acids is 1. The first kappa shape index (κ1) is 23.3. The molecule has 3 aromatic rings. The Labute approximate surface area is 193 Å². The molecule has 1 heterocycles. The zero-order chi connectivity index (χ0) is 24.2. The third-order valence-corrected chi connectivity index (χ3v) is 5.90. The first-order valence-electron chi connectivity index (χ1n) is 11.0. The van der Waals surface area contributed by atoms with Gasteiger partial charge in [-0.15, -0.1) is 4.68 Å². The number of carbonyl (C=O) groups excluding carboxylic acids is 1. The van der Waals surface area contributed by atoms with Crippen molar-refractivity contribution in [3.8, 4) is 5.69 Å². The molecular formula is C23H23F2N5O4. The summed E-state index contributed by atoms with van der Waals surface area (Å²) in [6, 6.07) is 8.97. The van der Waals surface area contributed by atoms with Gasteiger partial charge < -0.3 is 5.11 Å². The lowest BCUT2D eigenvalue weighted by atomic mass is 9.94. The van der Waals surface area contributed by atoms with Crippen molar-refractivity contribution in [1.82, 2.24) is 19.8 Å². The van der Waals surface area contributed by atoms with Gasteiger partial charge in [0, 0.05) is 18.2 Å². The van der Waals surface area contributed by atoms with Crippen LogP contribution in [-0.2, 0) is 11.2 Å². The molecule has 2 aromatic carbocycles. The summed E-state index contributed by atoms with van der Waals surface area (Å²) in [7, 11) is 0. The Bertz CT molecular complexity index is 1230. The van der Waals surface area contributed by atoms with Crippen molar-refractivity contribution in [3.63, 3.8) is 0 Å². The van der Waals surface area contributed by atoms with Crippen molar-refractivity contribution in [3.05, 3.63) is 70.1 Å². The number of halogens is 2. The number of carboxylic acids is 1. The molecular weight excluding hydrogens is 448 g/mol. The van der Waals surface area contributed by atoms with E-state index in [4.69, 9.17) is 5.11 Å². The number of anilines is 1. The second kappa shape index (κ2) is 9.94. The minimum Gasteiger partial charge on any atom is -0.481 e. The average molecular weight is 471 g/mol. The van der Waals surface area contributed by atoms with E-state index in [0.717, 1.165) is 55.9 Å². The largest absolute Gasteiger partial charge is 0.481 e. The van der Waals surface area contributed by atoms with Gasteiger partial charge in [-0.2, -0.15) is 4.68 Å². The standard InChI is InChI=1S/C23H23F2N5O4/c24-18-7-4-8-19(25)21(18)29-23(34)30(27-26-29)22(33)28(16-5-2-1-3-6-16)17-12-9-15(10-13-17)11-14-20(31)32/h4,7-10,12-13,16H,1-3,5-6,11,14H2,(H,31,32). The van der Waals surface area contributed by atoms with E-state index >= 15 is 0 Å². The maximum absolute atomic E-state index is 14.2. The first-order chi connectivity index (χ1) is 16.4. The van der Waals surface area contributed by atoms with Gasteiger partial charge in [0.1, 0.15) is 5.69 Å². The summed E-state index contributed by atoms with van der Waals surface area (Å²) >= 11 is 0. The second-order valence-electron chi connectivity index (χ2n) is 8.16. The smallest absolute Gasteiger partial charge is 0.377 e. The van der Waals surface area contributed by atoms with Crippen molar-refractivity contribution in [1.29, 1.82) is 0 Å². The van der Waals surface area contributed by atoms with Crippen LogP contribution in [0.1, 0.15) is 44.1 Å². The van der Waals surface area contributed by atoms with Gasteiger partial charge in [0.25, 0.3) is 0 Å². The van der Waals surface area contributed by atoms with Gasteiger partial charge >= 0.3 is 17.7 Å². The Hall–Kier alpha value is -3.89. The molecule has 0 aliphatic heterocycles. The van der Waals surface area contributed by atoms with Crippen molar-refractivity contribution in [2.24, 2.45) is 0 Å².